The minimum Gasteiger partial charge on any atom is -0.494 e. The molecule has 3 heterocycles. The van der Waals surface area contributed by atoms with Crippen molar-refractivity contribution in [3.8, 4) is 5.75 Å². The molecule has 1 amide bonds. The van der Waals surface area contributed by atoms with Crippen molar-refractivity contribution in [1.82, 2.24) is 9.97 Å². The number of thiophene rings is 1. The van der Waals surface area contributed by atoms with Gasteiger partial charge in [0.05, 0.1) is 12.0 Å². The van der Waals surface area contributed by atoms with Crippen LogP contribution in [0.4, 0.5) is 11.5 Å². The summed E-state index contributed by atoms with van der Waals surface area (Å²) in [7, 11) is 0. The highest BCUT2D eigenvalue weighted by Crippen LogP contribution is 2.35. The van der Waals surface area contributed by atoms with Crippen LogP contribution in [0.2, 0.25) is 0 Å². The molecule has 4 rings (SSSR count). The smallest absolute Gasteiger partial charge is 0.227 e. The number of fused-ring (bicyclic) bond motifs is 1. The lowest BCUT2D eigenvalue weighted by Gasteiger charge is -2.32. The third-order valence-corrected chi connectivity index (χ3v) is 6.66. The van der Waals surface area contributed by atoms with Gasteiger partial charge in [-0.15, -0.1) is 11.3 Å². The normalized spacial score (nSPS) is 14.9. The largest absolute Gasteiger partial charge is 0.494 e. The maximum atomic E-state index is 12.7. The number of rotatable bonds is 5. The van der Waals surface area contributed by atoms with Gasteiger partial charge in [-0.2, -0.15) is 0 Å². The first kappa shape index (κ1) is 19.6. The molecule has 1 aliphatic heterocycles. The summed E-state index contributed by atoms with van der Waals surface area (Å²) in [5.74, 6) is 1.92. The van der Waals surface area contributed by atoms with Crippen molar-refractivity contribution in [3.05, 3.63) is 41.0 Å². The van der Waals surface area contributed by atoms with E-state index < -0.39 is 0 Å². The van der Waals surface area contributed by atoms with Crippen LogP contribution in [0, 0.1) is 19.8 Å². The van der Waals surface area contributed by atoms with Crippen molar-refractivity contribution in [1.29, 1.82) is 0 Å². The third-order valence-electron chi connectivity index (χ3n) is 5.54. The molecule has 0 bridgehead atoms. The number of aryl methyl sites for hydroxylation is 2. The van der Waals surface area contributed by atoms with Crippen molar-refractivity contribution < 1.29 is 9.53 Å². The molecule has 3 aromatic rings. The Balaban J connectivity index is 1.40. The van der Waals surface area contributed by atoms with Crippen molar-refractivity contribution >= 4 is 39.0 Å². The lowest BCUT2D eigenvalue weighted by Crippen LogP contribution is -2.38. The van der Waals surface area contributed by atoms with Crippen LogP contribution < -0.4 is 15.0 Å². The van der Waals surface area contributed by atoms with E-state index in [0.717, 1.165) is 53.4 Å². The first-order valence-electron chi connectivity index (χ1n) is 10.1. The number of aromatic nitrogens is 2. The fourth-order valence-corrected chi connectivity index (χ4v) is 4.79. The topological polar surface area (TPSA) is 67.3 Å². The Morgan fingerprint density at radius 2 is 1.93 bits per heavy atom. The Bertz CT molecular complexity index is 1010. The van der Waals surface area contributed by atoms with E-state index in [-0.39, 0.29) is 11.8 Å². The number of benzene rings is 1. The highest BCUT2D eigenvalue weighted by molar-refractivity contribution is 7.18. The maximum absolute atomic E-state index is 12.7. The van der Waals surface area contributed by atoms with E-state index in [2.05, 4.69) is 34.0 Å². The molecule has 1 aromatic carbocycles. The number of carbonyl (C=O) groups is 1. The Kier molecular flexibility index (Phi) is 5.67. The molecule has 1 N–H and O–H groups in total. The number of hydrogen-bond acceptors (Lipinski definition) is 6. The molecule has 7 heteroatoms. The molecule has 0 spiro atoms. The average molecular weight is 411 g/mol. The van der Waals surface area contributed by atoms with Gasteiger partial charge in [0.15, 0.2) is 0 Å². The lowest BCUT2D eigenvalue weighted by molar-refractivity contribution is -0.120. The van der Waals surface area contributed by atoms with Gasteiger partial charge in [0, 0.05) is 29.6 Å². The van der Waals surface area contributed by atoms with E-state index >= 15 is 0 Å². The van der Waals surface area contributed by atoms with Crippen LogP contribution in [0.25, 0.3) is 10.2 Å². The number of carbonyl (C=O) groups excluding carboxylic acids is 1. The monoisotopic (exact) mass is 410 g/mol. The molecule has 0 atom stereocenters. The van der Waals surface area contributed by atoms with Crippen LogP contribution in [0.5, 0.6) is 5.75 Å². The minimum atomic E-state index is 0.0143. The van der Waals surface area contributed by atoms with Crippen molar-refractivity contribution in [2.45, 2.75) is 33.6 Å². The van der Waals surface area contributed by atoms with Gasteiger partial charge in [-0.25, -0.2) is 9.97 Å². The number of anilines is 2. The van der Waals surface area contributed by atoms with E-state index in [9.17, 15) is 4.79 Å². The molecule has 6 nitrogen and oxygen atoms in total. The van der Waals surface area contributed by atoms with Crippen LogP contribution in [-0.2, 0) is 4.79 Å². The van der Waals surface area contributed by atoms with Gasteiger partial charge in [-0.3, -0.25) is 4.79 Å². The van der Waals surface area contributed by atoms with Gasteiger partial charge in [0.25, 0.3) is 0 Å². The zero-order chi connectivity index (χ0) is 20.4. The Hall–Kier alpha value is -2.67. The number of hydrogen-bond donors (Lipinski definition) is 1. The standard InChI is InChI=1S/C22H26N4O2S/c1-4-28-18-7-5-17(6-8-18)25-21(27)16-9-11-26(12-10-16)20-19-14(2)15(3)29-22(19)24-13-23-20/h5-8,13,16H,4,9-12H2,1-3H3,(H,25,27). The number of nitrogens with one attached hydrogen (secondary N) is 1. The molecule has 29 heavy (non-hydrogen) atoms. The van der Waals surface area contributed by atoms with Crippen molar-refractivity contribution in [3.63, 3.8) is 0 Å². The minimum absolute atomic E-state index is 0.0143. The SMILES string of the molecule is CCOc1ccc(NC(=O)C2CCN(c3ncnc4sc(C)c(C)c34)CC2)cc1. The fourth-order valence-electron chi connectivity index (χ4n) is 3.80. The van der Waals surface area contributed by atoms with Gasteiger partial charge < -0.3 is 15.0 Å². The molecule has 1 saturated heterocycles. The van der Waals surface area contributed by atoms with Crippen LogP contribution in [0.1, 0.15) is 30.2 Å². The van der Waals surface area contributed by atoms with Gasteiger partial charge in [-0.05, 0) is 63.4 Å². The number of nitrogens with zero attached hydrogens (tertiary/aromatic N) is 3. The summed E-state index contributed by atoms with van der Waals surface area (Å²) in [4.78, 5) is 26.3. The average Bonchev–Trinajstić information content (AvgIpc) is 3.03. The zero-order valence-electron chi connectivity index (χ0n) is 17.1. The van der Waals surface area contributed by atoms with Gasteiger partial charge in [0.1, 0.15) is 22.7 Å². The van der Waals surface area contributed by atoms with E-state index in [0.29, 0.717) is 6.61 Å². The Morgan fingerprint density at radius 3 is 2.62 bits per heavy atom. The summed E-state index contributed by atoms with van der Waals surface area (Å²) >= 11 is 1.72. The summed E-state index contributed by atoms with van der Waals surface area (Å²) in [6.45, 7) is 8.49. The van der Waals surface area contributed by atoms with Gasteiger partial charge in [-0.1, -0.05) is 0 Å². The molecule has 2 aromatic heterocycles. The molecule has 1 aliphatic rings. The Labute approximate surface area is 174 Å². The van der Waals surface area contributed by atoms with Crippen molar-refractivity contribution in [2.75, 3.05) is 29.9 Å². The second kappa shape index (κ2) is 8.37. The van der Waals surface area contributed by atoms with Crippen LogP contribution in [0.15, 0.2) is 30.6 Å². The summed E-state index contributed by atoms with van der Waals surface area (Å²) in [5.41, 5.74) is 2.07. The van der Waals surface area contributed by atoms with Gasteiger partial charge in [0.2, 0.25) is 5.91 Å². The Morgan fingerprint density at radius 1 is 1.21 bits per heavy atom. The highest BCUT2D eigenvalue weighted by Gasteiger charge is 2.27. The maximum Gasteiger partial charge on any atom is 0.227 e. The summed E-state index contributed by atoms with van der Waals surface area (Å²) in [6.07, 6.45) is 3.28. The van der Waals surface area contributed by atoms with Crippen molar-refractivity contribution in [2.24, 2.45) is 5.92 Å². The number of piperidine rings is 1. The second-order valence-corrected chi connectivity index (χ2v) is 8.57. The van der Waals surface area contributed by atoms with Crippen LogP contribution in [0.3, 0.4) is 0 Å². The van der Waals surface area contributed by atoms with Gasteiger partial charge >= 0.3 is 0 Å². The molecule has 1 fully saturated rings. The number of ether oxygens (including phenoxy) is 1. The molecule has 0 unspecified atom stereocenters. The summed E-state index contributed by atoms with van der Waals surface area (Å²) in [6, 6.07) is 7.54. The first-order chi connectivity index (χ1) is 14.1. The summed E-state index contributed by atoms with van der Waals surface area (Å²) < 4.78 is 5.45. The molecule has 152 valence electrons. The highest BCUT2D eigenvalue weighted by atomic mass is 32.1. The van der Waals surface area contributed by atoms with E-state index in [1.54, 1.807) is 17.7 Å². The molecule has 0 radical (unpaired) electrons. The third kappa shape index (κ3) is 4.05. The summed E-state index contributed by atoms with van der Waals surface area (Å²) in [5, 5.41) is 4.20. The van der Waals surface area contributed by atoms with Crippen LogP contribution >= 0.6 is 11.3 Å². The zero-order valence-corrected chi connectivity index (χ0v) is 17.9. The lowest BCUT2D eigenvalue weighted by atomic mass is 9.95. The van der Waals surface area contributed by atoms with Crippen LogP contribution in [-0.4, -0.2) is 35.6 Å². The first-order valence-corrected chi connectivity index (χ1v) is 10.9. The molecule has 0 saturated carbocycles. The second-order valence-electron chi connectivity index (χ2n) is 7.37. The fraction of sp³-hybridized carbons (Fsp3) is 0.409. The van der Waals surface area contributed by atoms with E-state index in [1.165, 1.54) is 10.4 Å². The quantitative estimate of drug-likeness (QED) is 0.668. The van der Waals surface area contributed by atoms with E-state index in [4.69, 9.17) is 4.74 Å². The number of amides is 1. The predicted octanol–water partition coefficient (Wildman–Crippen LogP) is 4.56. The molecular formula is C22H26N4O2S. The molecular weight excluding hydrogens is 384 g/mol. The molecule has 0 aliphatic carbocycles. The van der Waals surface area contributed by atoms with E-state index in [1.807, 2.05) is 31.2 Å². The predicted molar refractivity (Wildman–Crippen MR) is 118 cm³/mol.